The van der Waals surface area contributed by atoms with E-state index >= 15 is 0 Å². The molecule has 0 aliphatic heterocycles. The van der Waals surface area contributed by atoms with Crippen LogP contribution in [0.2, 0.25) is 0 Å². The first-order valence-electron chi connectivity index (χ1n) is 9.34. The van der Waals surface area contributed by atoms with Crippen molar-refractivity contribution in [3.05, 3.63) is 46.8 Å². The van der Waals surface area contributed by atoms with Crippen LogP contribution < -0.4 is 5.32 Å². The molecule has 0 saturated carbocycles. The number of benzene rings is 1. The van der Waals surface area contributed by atoms with Crippen molar-refractivity contribution >= 4 is 17.6 Å². The van der Waals surface area contributed by atoms with Gasteiger partial charge in [0.25, 0.3) is 0 Å². The van der Waals surface area contributed by atoms with Gasteiger partial charge in [-0.15, -0.1) is 0 Å². The van der Waals surface area contributed by atoms with Crippen molar-refractivity contribution in [2.45, 2.75) is 59.9 Å². The zero-order valence-electron chi connectivity index (χ0n) is 16.7. The van der Waals surface area contributed by atoms with Crippen molar-refractivity contribution in [1.82, 2.24) is 9.78 Å². The predicted molar refractivity (Wildman–Crippen MR) is 106 cm³/mol. The lowest BCUT2D eigenvalue weighted by Crippen LogP contribution is -2.14. The van der Waals surface area contributed by atoms with Gasteiger partial charge < -0.3 is 10.4 Å². The largest absolute Gasteiger partial charge is 0.481 e. The third-order valence-electron chi connectivity index (χ3n) is 4.71. The SMILES string of the molecule is Cc1nn(CC(C)C)c(C)c1CCC(=O)Nc1cccc(C(C)C(=O)O)c1. The van der Waals surface area contributed by atoms with E-state index in [1.807, 2.05) is 18.5 Å². The van der Waals surface area contributed by atoms with Gasteiger partial charge in [-0.1, -0.05) is 26.0 Å². The van der Waals surface area contributed by atoms with Crippen LogP contribution in [0.4, 0.5) is 5.69 Å². The van der Waals surface area contributed by atoms with Gasteiger partial charge in [-0.2, -0.15) is 5.10 Å². The zero-order valence-corrected chi connectivity index (χ0v) is 16.7. The van der Waals surface area contributed by atoms with Crippen molar-refractivity contribution in [3.63, 3.8) is 0 Å². The summed E-state index contributed by atoms with van der Waals surface area (Å²) < 4.78 is 2.02. The second-order valence-corrected chi connectivity index (χ2v) is 7.46. The van der Waals surface area contributed by atoms with Crippen LogP contribution in [0.3, 0.4) is 0 Å². The second kappa shape index (κ2) is 8.84. The molecular formula is C21H29N3O3. The number of aliphatic carboxylic acids is 1. The van der Waals surface area contributed by atoms with Gasteiger partial charge in [0.15, 0.2) is 0 Å². The summed E-state index contributed by atoms with van der Waals surface area (Å²) >= 11 is 0. The molecule has 0 saturated heterocycles. The number of carboxylic acids is 1. The van der Waals surface area contributed by atoms with E-state index in [4.69, 9.17) is 5.11 Å². The monoisotopic (exact) mass is 371 g/mol. The minimum atomic E-state index is -0.886. The summed E-state index contributed by atoms with van der Waals surface area (Å²) in [5, 5.41) is 16.6. The number of anilines is 1. The number of amides is 1. The molecule has 2 rings (SSSR count). The Bertz CT molecular complexity index is 824. The third kappa shape index (κ3) is 5.42. The number of carbonyl (C=O) groups excluding carboxylic acids is 1. The maximum absolute atomic E-state index is 12.4. The third-order valence-corrected chi connectivity index (χ3v) is 4.71. The molecule has 0 spiro atoms. The lowest BCUT2D eigenvalue weighted by molar-refractivity contribution is -0.138. The molecule has 0 aliphatic carbocycles. The highest BCUT2D eigenvalue weighted by atomic mass is 16.4. The topological polar surface area (TPSA) is 84.2 Å². The molecule has 1 atom stereocenters. The van der Waals surface area contributed by atoms with Crippen LogP contribution in [-0.2, 0) is 22.6 Å². The fraction of sp³-hybridized carbons (Fsp3) is 0.476. The lowest BCUT2D eigenvalue weighted by atomic mass is 10.0. The average Bonchev–Trinajstić information content (AvgIpc) is 2.85. The van der Waals surface area contributed by atoms with Gasteiger partial charge in [0.1, 0.15) is 0 Å². The summed E-state index contributed by atoms with van der Waals surface area (Å²) in [6.07, 6.45) is 0.987. The fourth-order valence-corrected chi connectivity index (χ4v) is 3.11. The maximum atomic E-state index is 12.4. The highest BCUT2D eigenvalue weighted by Gasteiger charge is 2.16. The number of nitrogens with one attached hydrogen (secondary N) is 1. The number of aryl methyl sites for hydroxylation is 1. The summed E-state index contributed by atoms with van der Waals surface area (Å²) in [6, 6.07) is 7.00. The van der Waals surface area contributed by atoms with Crippen LogP contribution in [0.1, 0.15) is 55.6 Å². The van der Waals surface area contributed by atoms with Crippen LogP contribution in [0.5, 0.6) is 0 Å². The van der Waals surface area contributed by atoms with Crippen LogP contribution in [0.25, 0.3) is 0 Å². The molecule has 1 heterocycles. The van der Waals surface area contributed by atoms with E-state index < -0.39 is 11.9 Å². The molecule has 0 radical (unpaired) electrons. The Morgan fingerprint density at radius 1 is 1.22 bits per heavy atom. The number of nitrogens with zero attached hydrogens (tertiary/aromatic N) is 2. The lowest BCUT2D eigenvalue weighted by Gasteiger charge is -2.10. The number of carboxylic acid groups (broad SMARTS) is 1. The van der Waals surface area contributed by atoms with E-state index in [1.165, 1.54) is 0 Å². The highest BCUT2D eigenvalue weighted by Crippen LogP contribution is 2.20. The molecule has 2 aromatic rings. The molecule has 0 bridgehead atoms. The standard InChI is InChI=1S/C21H29N3O3/c1-13(2)12-24-16(5)19(15(4)23-24)9-10-20(25)22-18-8-6-7-17(11-18)14(3)21(26)27/h6-8,11,13-14H,9-10,12H2,1-5H3,(H,22,25)(H,26,27). The summed E-state index contributed by atoms with van der Waals surface area (Å²) in [6.45, 7) is 10.8. The summed E-state index contributed by atoms with van der Waals surface area (Å²) in [7, 11) is 0. The summed E-state index contributed by atoms with van der Waals surface area (Å²) in [5.74, 6) is -1.08. The first-order valence-corrected chi connectivity index (χ1v) is 9.34. The van der Waals surface area contributed by atoms with Crippen LogP contribution in [0, 0.1) is 19.8 Å². The van der Waals surface area contributed by atoms with Gasteiger partial charge in [-0.3, -0.25) is 14.3 Å². The number of carbonyl (C=O) groups is 2. The molecule has 2 N–H and O–H groups in total. The molecule has 146 valence electrons. The Hall–Kier alpha value is -2.63. The molecule has 0 aliphatic rings. The Labute approximate surface area is 160 Å². The van der Waals surface area contributed by atoms with Crippen molar-refractivity contribution in [3.8, 4) is 0 Å². The first-order chi connectivity index (χ1) is 12.7. The molecule has 6 heteroatoms. The Kier molecular flexibility index (Phi) is 6.77. The predicted octanol–water partition coefficient (Wildman–Crippen LogP) is 3.92. The summed E-state index contributed by atoms with van der Waals surface area (Å²) in [5.41, 5.74) is 4.50. The van der Waals surface area contributed by atoms with Crippen molar-refractivity contribution < 1.29 is 14.7 Å². The average molecular weight is 371 g/mol. The first kappa shape index (κ1) is 20.7. The fourth-order valence-electron chi connectivity index (χ4n) is 3.11. The van der Waals surface area contributed by atoms with Gasteiger partial charge in [0, 0.05) is 24.3 Å². The van der Waals surface area contributed by atoms with Crippen molar-refractivity contribution in [2.75, 3.05) is 5.32 Å². The van der Waals surface area contributed by atoms with E-state index in [2.05, 4.69) is 24.3 Å². The van der Waals surface area contributed by atoms with Crippen LogP contribution in [-0.4, -0.2) is 26.8 Å². The Balaban J connectivity index is 2.00. The van der Waals surface area contributed by atoms with Crippen LogP contribution in [0.15, 0.2) is 24.3 Å². The normalized spacial score (nSPS) is 12.2. The van der Waals surface area contributed by atoms with Gasteiger partial charge in [0.05, 0.1) is 11.6 Å². The molecular weight excluding hydrogens is 342 g/mol. The zero-order chi connectivity index (χ0) is 20.1. The molecule has 1 aromatic carbocycles. The number of hydrogen-bond donors (Lipinski definition) is 2. The maximum Gasteiger partial charge on any atom is 0.310 e. The van der Waals surface area contributed by atoms with E-state index in [0.29, 0.717) is 30.0 Å². The second-order valence-electron chi connectivity index (χ2n) is 7.46. The number of rotatable bonds is 8. The molecule has 1 aromatic heterocycles. The quantitative estimate of drug-likeness (QED) is 0.737. The molecule has 6 nitrogen and oxygen atoms in total. The molecule has 1 unspecified atom stereocenters. The molecule has 27 heavy (non-hydrogen) atoms. The van der Waals surface area contributed by atoms with Gasteiger partial charge in [0.2, 0.25) is 5.91 Å². The van der Waals surface area contributed by atoms with Gasteiger partial charge >= 0.3 is 5.97 Å². The van der Waals surface area contributed by atoms with E-state index in [-0.39, 0.29) is 5.91 Å². The summed E-state index contributed by atoms with van der Waals surface area (Å²) in [4.78, 5) is 23.5. The van der Waals surface area contributed by atoms with E-state index in [0.717, 1.165) is 23.5 Å². The number of aromatic nitrogens is 2. The minimum Gasteiger partial charge on any atom is -0.481 e. The highest BCUT2D eigenvalue weighted by molar-refractivity contribution is 5.91. The molecule has 1 amide bonds. The Morgan fingerprint density at radius 2 is 1.93 bits per heavy atom. The van der Waals surface area contributed by atoms with Gasteiger partial charge in [-0.25, -0.2) is 0 Å². The van der Waals surface area contributed by atoms with E-state index in [1.54, 1.807) is 31.2 Å². The van der Waals surface area contributed by atoms with Gasteiger partial charge in [-0.05, 0) is 56.4 Å². The van der Waals surface area contributed by atoms with Crippen molar-refractivity contribution in [1.29, 1.82) is 0 Å². The molecule has 0 fully saturated rings. The number of hydrogen-bond acceptors (Lipinski definition) is 3. The van der Waals surface area contributed by atoms with Crippen molar-refractivity contribution in [2.24, 2.45) is 5.92 Å². The smallest absolute Gasteiger partial charge is 0.310 e. The van der Waals surface area contributed by atoms with Crippen LogP contribution >= 0.6 is 0 Å². The van der Waals surface area contributed by atoms with E-state index in [9.17, 15) is 9.59 Å². The minimum absolute atomic E-state index is 0.0921. The Morgan fingerprint density at radius 3 is 2.56 bits per heavy atom.